The number of carboxylic acids is 1. The lowest BCUT2D eigenvalue weighted by molar-refractivity contribution is -0.143. The van der Waals surface area contributed by atoms with Crippen LogP contribution in [-0.2, 0) is 4.79 Å². The van der Waals surface area contributed by atoms with Gasteiger partial charge in [0.25, 0.3) is 0 Å². The van der Waals surface area contributed by atoms with Crippen LogP contribution < -0.4 is 5.32 Å². The first kappa shape index (κ1) is 14.1. The number of aliphatic carboxylic acids is 1. The molecule has 1 unspecified atom stereocenters. The van der Waals surface area contributed by atoms with Crippen molar-refractivity contribution in [3.63, 3.8) is 0 Å². The SMILES string of the molecule is O=C(O)C(c1cc(Cl)ccc1O)N1CCCNCC1. The van der Waals surface area contributed by atoms with Gasteiger partial charge in [-0.3, -0.25) is 9.69 Å². The van der Waals surface area contributed by atoms with Gasteiger partial charge >= 0.3 is 5.97 Å². The van der Waals surface area contributed by atoms with Crippen molar-refractivity contribution in [3.8, 4) is 5.75 Å². The molecule has 5 nitrogen and oxygen atoms in total. The van der Waals surface area contributed by atoms with E-state index in [0.717, 1.165) is 19.5 Å². The second-order valence-electron chi connectivity index (χ2n) is 4.58. The van der Waals surface area contributed by atoms with Crippen molar-refractivity contribution >= 4 is 17.6 Å². The average molecular weight is 285 g/mol. The molecule has 0 aromatic heterocycles. The molecule has 1 atom stereocenters. The molecular formula is C13H17ClN2O3. The van der Waals surface area contributed by atoms with Crippen LogP contribution in [0.1, 0.15) is 18.0 Å². The third-order valence-corrected chi connectivity index (χ3v) is 3.49. The van der Waals surface area contributed by atoms with E-state index in [1.54, 1.807) is 6.07 Å². The second kappa shape index (κ2) is 6.23. The van der Waals surface area contributed by atoms with Crippen molar-refractivity contribution < 1.29 is 15.0 Å². The first-order chi connectivity index (χ1) is 9.09. The third-order valence-electron chi connectivity index (χ3n) is 3.26. The Hall–Kier alpha value is -1.30. The summed E-state index contributed by atoms with van der Waals surface area (Å²) in [4.78, 5) is 13.4. The van der Waals surface area contributed by atoms with Crippen LogP contribution in [0.5, 0.6) is 5.75 Å². The molecule has 3 N–H and O–H groups in total. The molecule has 1 saturated heterocycles. The zero-order valence-electron chi connectivity index (χ0n) is 10.5. The van der Waals surface area contributed by atoms with E-state index in [9.17, 15) is 15.0 Å². The number of carboxylic acid groups (broad SMARTS) is 1. The number of hydrogen-bond donors (Lipinski definition) is 3. The van der Waals surface area contributed by atoms with Crippen LogP contribution in [0.3, 0.4) is 0 Å². The summed E-state index contributed by atoms with van der Waals surface area (Å²) in [6.45, 7) is 2.92. The molecular weight excluding hydrogens is 268 g/mol. The van der Waals surface area contributed by atoms with Crippen LogP contribution >= 0.6 is 11.6 Å². The molecule has 0 saturated carbocycles. The molecule has 0 aliphatic carbocycles. The minimum atomic E-state index is -0.973. The van der Waals surface area contributed by atoms with E-state index >= 15 is 0 Å². The largest absolute Gasteiger partial charge is 0.508 e. The lowest BCUT2D eigenvalue weighted by Gasteiger charge is -2.27. The fourth-order valence-corrected chi connectivity index (χ4v) is 2.54. The highest BCUT2D eigenvalue weighted by Crippen LogP contribution is 2.31. The number of aromatic hydroxyl groups is 1. The highest BCUT2D eigenvalue weighted by atomic mass is 35.5. The molecule has 1 aliphatic rings. The predicted octanol–water partition coefficient (Wildman–Crippen LogP) is 1.47. The number of rotatable bonds is 3. The standard InChI is InChI=1S/C13H17ClN2O3/c14-9-2-3-11(17)10(8-9)12(13(18)19)16-6-1-4-15-5-7-16/h2-3,8,12,15,17H,1,4-7H2,(H,18,19). The van der Waals surface area contributed by atoms with E-state index in [1.807, 2.05) is 4.90 Å². The Morgan fingerprint density at radius 1 is 1.37 bits per heavy atom. The minimum absolute atomic E-state index is 0.0333. The van der Waals surface area contributed by atoms with Gasteiger partial charge in [-0.25, -0.2) is 0 Å². The summed E-state index contributed by atoms with van der Waals surface area (Å²) in [5, 5.41) is 23.0. The number of phenolic OH excluding ortho intramolecular Hbond substituents is 1. The van der Waals surface area contributed by atoms with Gasteiger partial charge in [-0.1, -0.05) is 11.6 Å². The molecule has 0 bridgehead atoms. The fourth-order valence-electron chi connectivity index (χ4n) is 2.36. The molecule has 1 aromatic carbocycles. The van der Waals surface area contributed by atoms with Crippen molar-refractivity contribution in [2.24, 2.45) is 0 Å². The molecule has 1 fully saturated rings. The molecule has 0 spiro atoms. The fraction of sp³-hybridized carbons (Fsp3) is 0.462. The summed E-state index contributed by atoms with van der Waals surface area (Å²) in [6.07, 6.45) is 0.880. The first-order valence-electron chi connectivity index (χ1n) is 6.25. The zero-order chi connectivity index (χ0) is 13.8. The molecule has 2 rings (SSSR count). The van der Waals surface area contributed by atoms with Crippen LogP contribution in [0.15, 0.2) is 18.2 Å². The monoisotopic (exact) mass is 284 g/mol. The Labute approximate surface area is 116 Å². The number of nitrogens with zero attached hydrogens (tertiary/aromatic N) is 1. The Morgan fingerprint density at radius 3 is 2.89 bits per heavy atom. The van der Waals surface area contributed by atoms with Gasteiger partial charge in [-0.05, 0) is 31.2 Å². The second-order valence-corrected chi connectivity index (χ2v) is 5.02. The van der Waals surface area contributed by atoms with Crippen LogP contribution in [0.25, 0.3) is 0 Å². The molecule has 19 heavy (non-hydrogen) atoms. The first-order valence-corrected chi connectivity index (χ1v) is 6.63. The summed E-state index contributed by atoms with van der Waals surface area (Å²) in [5.41, 5.74) is 0.349. The summed E-state index contributed by atoms with van der Waals surface area (Å²) < 4.78 is 0. The normalized spacial score (nSPS) is 18.8. The molecule has 1 aromatic rings. The number of phenols is 1. The predicted molar refractivity (Wildman–Crippen MR) is 72.6 cm³/mol. The van der Waals surface area contributed by atoms with Gasteiger partial charge < -0.3 is 15.5 Å². The lowest BCUT2D eigenvalue weighted by atomic mass is 10.0. The molecule has 0 amide bonds. The maximum Gasteiger partial charge on any atom is 0.325 e. The number of nitrogens with one attached hydrogen (secondary N) is 1. The van der Waals surface area contributed by atoms with Gasteiger partial charge in [0.05, 0.1) is 0 Å². The van der Waals surface area contributed by atoms with Crippen LogP contribution in [0, 0.1) is 0 Å². The quantitative estimate of drug-likeness (QED) is 0.784. The summed E-state index contributed by atoms with van der Waals surface area (Å²) >= 11 is 5.90. The molecule has 104 valence electrons. The van der Waals surface area contributed by atoms with E-state index in [2.05, 4.69) is 5.32 Å². The Balaban J connectivity index is 2.33. The third kappa shape index (κ3) is 3.37. The topological polar surface area (TPSA) is 72.8 Å². The Bertz CT molecular complexity index is 459. The average Bonchev–Trinajstić information content (AvgIpc) is 2.62. The molecule has 1 heterocycles. The van der Waals surface area contributed by atoms with Crippen molar-refractivity contribution in [3.05, 3.63) is 28.8 Å². The number of benzene rings is 1. The number of halogens is 1. The minimum Gasteiger partial charge on any atom is -0.508 e. The van der Waals surface area contributed by atoms with E-state index in [4.69, 9.17) is 11.6 Å². The van der Waals surface area contributed by atoms with Crippen LogP contribution in [-0.4, -0.2) is 47.3 Å². The van der Waals surface area contributed by atoms with Gasteiger partial charge in [0.2, 0.25) is 0 Å². The van der Waals surface area contributed by atoms with Gasteiger partial charge in [-0.2, -0.15) is 0 Å². The summed E-state index contributed by atoms with van der Waals surface area (Å²) in [5.74, 6) is -1.01. The maximum absolute atomic E-state index is 11.6. The highest BCUT2D eigenvalue weighted by Gasteiger charge is 2.30. The number of hydrogen-bond acceptors (Lipinski definition) is 4. The molecule has 1 aliphatic heterocycles. The molecule has 6 heteroatoms. The van der Waals surface area contributed by atoms with Crippen molar-refractivity contribution in [1.29, 1.82) is 0 Å². The Kier molecular flexibility index (Phi) is 4.63. The number of carbonyl (C=O) groups is 1. The summed E-state index contributed by atoms with van der Waals surface area (Å²) in [7, 11) is 0. The van der Waals surface area contributed by atoms with Crippen molar-refractivity contribution in [2.75, 3.05) is 26.2 Å². The van der Waals surface area contributed by atoms with Gasteiger partial charge in [0.15, 0.2) is 0 Å². The smallest absolute Gasteiger partial charge is 0.325 e. The van der Waals surface area contributed by atoms with Gasteiger partial charge in [-0.15, -0.1) is 0 Å². The van der Waals surface area contributed by atoms with E-state index in [-0.39, 0.29) is 5.75 Å². The van der Waals surface area contributed by atoms with E-state index in [0.29, 0.717) is 23.7 Å². The van der Waals surface area contributed by atoms with Crippen LogP contribution in [0.2, 0.25) is 5.02 Å². The summed E-state index contributed by atoms with van der Waals surface area (Å²) in [6, 6.07) is 3.64. The molecule has 0 radical (unpaired) electrons. The van der Waals surface area contributed by atoms with E-state index in [1.165, 1.54) is 12.1 Å². The Morgan fingerprint density at radius 2 is 2.16 bits per heavy atom. The van der Waals surface area contributed by atoms with E-state index < -0.39 is 12.0 Å². The van der Waals surface area contributed by atoms with Crippen LogP contribution in [0.4, 0.5) is 0 Å². The van der Waals surface area contributed by atoms with Gasteiger partial charge in [0.1, 0.15) is 11.8 Å². The van der Waals surface area contributed by atoms with Gasteiger partial charge in [0, 0.05) is 30.2 Å². The lowest BCUT2D eigenvalue weighted by Crippen LogP contribution is -2.36. The highest BCUT2D eigenvalue weighted by molar-refractivity contribution is 6.30. The van der Waals surface area contributed by atoms with Crippen molar-refractivity contribution in [1.82, 2.24) is 10.2 Å². The zero-order valence-corrected chi connectivity index (χ0v) is 11.2. The maximum atomic E-state index is 11.6. The van der Waals surface area contributed by atoms with Crippen molar-refractivity contribution in [2.45, 2.75) is 12.5 Å².